The van der Waals surface area contributed by atoms with Crippen LogP contribution >= 0.6 is 23.1 Å². The van der Waals surface area contributed by atoms with Gasteiger partial charge in [0, 0.05) is 44.2 Å². The summed E-state index contributed by atoms with van der Waals surface area (Å²) in [6.07, 6.45) is 9.54. The summed E-state index contributed by atoms with van der Waals surface area (Å²) in [5.41, 5.74) is 6.83. The van der Waals surface area contributed by atoms with Crippen LogP contribution in [0, 0.1) is 5.92 Å². The molecular weight excluding hydrogens is 727 g/mol. The SMILES string of the molecule is C=C(CN(CCC)C(=O)CNC=O)N/C(=C\C)c1ccc2c(c1)sc1cc(-c3ccc4nc([C@@H]5[C@H]6CC[C@H](C6)N5C(=O)[C@H](CCSC)NC)[nH]c4c3)ccc12. The first kappa shape index (κ1) is 38.6. The number of imidazole rings is 1. The van der Waals surface area contributed by atoms with Gasteiger partial charge in [0.2, 0.25) is 18.2 Å². The summed E-state index contributed by atoms with van der Waals surface area (Å²) in [6, 6.07) is 19.7. The molecule has 1 saturated heterocycles. The first-order valence-electron chi connectivity index (χ1n) is 19.3. The molecular formula is C43H51N7O3S2. The van der Waals surface area contributed by atoms with E-state index in [4.69, 9.17) is 4.98 Å². The zero-order valence-electron chi connectivity index (χ0n) is 32.1. The minimum Gasteiger partial charge on any atom is -0.358 e. The standard InChI is InChI=1S/C43H51N7O3S2/c1-6-17-49(40(52)23-45-25-51)24-26(3)46-34(7-2)29-10-14-33-32-13-9-28(21-38(32)55-39(33)22-29)27-11-15-35-37(20-27)48-42(47-35)41-30-8-12-31(19-30)50(41)43(53)36(44-4)16-18-54-5/h7,9-11,13-15,20-22,25,30-31,36,41,44,46H,3,6,8,12,16-19,23-24H2,1-2,4-5H3,(H,45,51)(H,47,48)/b34-7-/t30-,31+,36-,41-/m0/s1. The van der Waals surface area contributed by atoms with E-state index in [1.54, 1.807) is 28.0 Å². The number of piperidine rings is 1. The second kappa shape index (κ2) is 17.0. The first-order chi connectivity index (χ1) is 26.8. The summed E-state index contributed by atoms with van der Waals surface area (Å²) in [6.45, 7) is 9.11. The van der Waals surface area contributed by atoms with E-state index in [1.165, 1.54) is 20.2 Å². The van der Waals surface area contributed by atoms with Gasteiger partial charge in [0.1, 0.15) is 5.82 Å². The number of thioether (sulfide) groups is 1. The smallest absolute Gasteiger partial charge is 0.242 e. The fraction of sp³-hybridized carbons (Fsp3) is 0.395. The van der Waals surface area contributed by atoms with E-state index >= 15 is 0 Å². The largest absolute Gasteiger partial charge is 0.358 e. The molecule has 2 fully saturated rings. The van der Waals surface area contributed by atoms with Gasteiger partial charge in [-0.2, -0.15) is 11.8 Å². The van der Waals surface area contributed by atoms with Crippen LogP contribution in [0.2, 0.25) is 0 Å². The maximum Gasteiger partial charge on any atom is 0.242 e. The van der Waals surface area contributed by atoms with Gasteiger partial charge >= 0.3 is 0 Å². The molecule has 0 unspecified atom stereocenters. The minimum absolute atomic E-state index is 0.0138. The van der Waals surface area contributed by atoms with E-state index in [2.05, 4.69) is 93.3 Å². The van der Waals surface area contributed by atoms with Crippen molar-refractivity contribution in [1.82, 2.24) is 35.7 Å². The third kappa shape index (κ3) is 7.90. The Kier molecular flexibility index (Phi) is 11.9. The summed E-state index contributed by atoms with van der Waals surface area (Å²) in [4.78, 5) is 49.8. The van der Waals surface area contributed by atoms with Gasteiger partial charge in [0.15, 0.2) is 0 Å². The Balaban J connectivity index is 1.10. The fourth-order valence-electron chi connectivity index (χ4n) is 8.51. The minimum atomic E-state index is -0.174. The molecule has 5 aromatic rings. The van der Waals surface area contributed by atoms with Gasteiger partial charge in [-0.15, -0.1) is 11.3 Å². The lowest BCUT2D eigenvalue weighted by atomic mass is 9.97. The molecule has 2 bridgehead atoms. The van der Waals surface area contributed by atoms with E-state index in [0.717, 1.165) is 77.1 Å². The molecule has 2 aliphatic rings. The van der Waals surface area contributed by atoms with Crippen LogP contribution in [0.1, 0.15) is 63.4 Å². The van der Waals surface area contributed by atoms with E-state index in [0.29, 0.717) is 31.1 Å². The number of nitrogens with zero attached hydrogens (tertiary/aromatic N) is 3. The number of H-pyrrole nitrogens is 1. The third-order valence-electron chi connectivity index (χ3n) is 11.2. The third-order valence-corrected chi connectivity index (χ3v) is 12.9. The first-order valence-corrected chi connectivity index (χ1v) is 21.5. The maximum absolute atomic E-state index is 13.9. The molecule has 4 N–H and O–H groups in total. The molecule has 3 amide bonds. The number of carbonyl (C=O) groups is 3. The maximum atomic E-state index is 13.9. The molecule has 3 heterocycles. The quantitative estimate of drug-likeness (QED) is 0.0725. The Morgan fingerprint density at radius 3 is 2.62 bits per heavy atom. The van der Waals surface area contributed by atoms with Crippen LogP contribution in [-0.4, -0.2) is 88.8 Å². The number of aromatic amines is 1. The van der Waals surface area contributed by atoms with Crippen LogP contribution in [-0.2, 0) is 14.4 Å². The molecule has 10 nitrogen and oxygen atoms in total. The molecule has 1 saturated carbocycles. The van der Waals surface area contributed by atoms with E-state index in [-0.39, 0.29) is 36.5 Å². The number of likely N-dealkylation sites (tertiary alicyclic amines) is 1. The lowest BCUT2D eigenvalue weighted by Crippen LogP contribution is -2.49. The predicted octanol–water partition coefficient (Wildman–Crippen LogP) is 7.44. The number of allylic oxidation sites excluding steroid dienone is 1. The Bertz CT molecular complexity index is 2260. The van der Waals surface area contributed by atoms with Crippen LogP contribution in [0.4, 0.5) is 0 Å². The normalized spacial score (nSPS) is 18.7. The molecule has 4 atom stereocenters. The number of aromatic nitrogens is 2. The van der Waals surface area contributed by atoms with Crippen molar-refractivity contribution in [2.24, 2.45) is 5.92 Å². The lowest BCUT2D eigenvalue weighted by Gasteiger charge is -2.36. The number of carbonyl (C=O) groups excluding carboxylic acids is 3. The van der Waals surface area contributed by atoms with Crippen LogP contribution in [0.3, 0.4) is 0 Å². The number of hydrogen-bond donors (Lipinski definition) is 4. The molecule has 3 aromatic carbocycles. The summed E-state index contributed by atoms with van der Waals surface area (Å²) >= 11 is 3.55. The van der Waals surface area contributed by atoms with Gasteiger partial charge < -0.3 is 30.7 Å². The summed E-state index contributed by atoms with van der Waals surface area (Å²) in [5, 5.41) is 11.6. The Morgan fingerprint density at radius 2 is 1.87 bits per heavy atom. The molecule has 0 spiro atoms. The van der Waals surface area contributed by atoms with Gasteiger partial charge in [0.05, 0.1) is 36.2 Å². The van der Waals surface area contributed by atoms with Crippen LogP contribution in [0.5, 0.6) is 0 Å². The van der Waals surface area contributed by atoms with Crippen molar-refractivity contribution >= 4 is 78.2 Å². The highest BCUT2D eigenvalue weighted by Gasteiger charge is 2.50. The van der Waals surface area contributed by atoms with Crippen molar-refractivity contribution in [1.29, 1.82) is 0 Å². The molecule has 2 aromatic heterocycles. The predicted molar refractivity (Wildman–Crippen MR) is 228 cm³/mol. The van der Waals surface area contributed by atoms with E-state index in [1.807, 2.05) is 27.0 Å². The molecule has 1 aliphatic carbocycles. The summed E-state index contributed by atoms with van der Waals surface area (Å²) in [5.74, 6) is 2.35. The summed E-state index contributed by atoms with van der Waals surface area (Å²) < 4.78 is 2.40. The highest BCUT2D eigenvalue weighted by atomic mass is 32.2. The molecule has 288 valence electrons. The molecule has 7 rings (SSSR count). The molecule has 12 heteroatoms. The molecule has 1 aliphatic heterocycles. The van der Waals surface area contributed by atoms with Crippen molar-refractivity contribution in [3.8, 4) is 11.1 Å². The number of fused-ring (bicyclic) bond motifs is 6. The monoisotopic (exact) mass is 777 g/mol. The Labute approximate surface area is 331 Å². The van der Waals surface area contributed by atoms with Gasteiger partial charge in [-0.1, -0.05) is 49.9 Å². The van der Waals surface area contributed by atoms with Gasteiger partial charge in [-0.05, 0) is 105 Å². The second-order valence-electron chi connectivity index (χ2n) is 14.7. The average Bonchev–Trinajstić information content (AvgIpc) is 4.00. The summed E-state index contributed by atoms with van der Waals surface area (Å²) in [7, 11) is 1.90. The number of thiophene rings is 1. The van der Waals surface area contributed by atoms with Crippen molar-refractivity contribution in [2.45, 2.75) is 64.1 Å². The van der Waals surface area contributed by atoms with Gasteiger partial charge in [-0.3, -0.25) is 14.4 Å². The fourth-order valence-corrected chi connectivity index (χ4v) is 10.2. The highest BCUT2D eigenvalue weighted by Crippen LogP contribution is 2.50. The topological polar surface area (TPSA) is 122 Å². The number of rotatable bonds is 17. The molecule has 55 heavy (non-hydrogen) atoms. The lowest BCUT2D eigenvalue weighted by molar-refractivity contribution is -0.138. The Hall–Kier alpha value is -4.65. The van der Waals surface area contributed by atoms with Crippen molar-refractivity contribution in [2.75, 3.05) is 38.7 Å². The van der Waals surface area contributed by atoms with Crippen molar-refractivity contribution in [3.05, 3.63) is 84.3 Å². The molecule has 0 radical (unpaired) electrons. The number of amides is 3. The number of nitrogens with one attached hydrogen (secondary N) is 4. The van der Waals surface area contributed by atoms with E-state index < -0.39 is 0 Å². The average molecular weight is 778 g/mol. The zero-order valence-corrected chi connectivity index (χ0v) is 33.7. The number of likely N-dealkylation sites (N-methyl/N-ethyl adjacent to an activating group) is 1. The van der Waals surface area contributed by atoms with Gasteiger partial charge in [0.25, 0.3) is 0 Å². The van der Waals surface area contributed by atoms with Crippen LogP contribution < -0.4 is 16.0 Å². The Morgan fingerprint density at radius 1 is 1.11 bits per heavy atom. The van der Waals surface area contributed by atoms with Crippen molar-refractivity contribution in [3.63, 3.8) is 0 Å². The number of hydrogen-bond acceptors (Lipinski definition) is 8. The van der Waals surface area contributed by atoms with Crippen molar-refractivity contribution < 1.29 is 14.4 Å². The van der Waals surface area contributed by atoms with E-state index in [9.17, 15) is 14.4 Å². The number of benzene rings is 3. The zero-order chi connectivity index (χ0) is 38.6. The van der Waals surface area contributed by atoms with Crippen LogP contribution in [0.25, 0.3) is 48.0 Å². The second-order valence-corrected chi connectivity index (χ2v) is 16.7. The van der Waals surface area contributed by atoms with Gasteiger partial charge in [-0.25, -0.2) is 4.98 Å². The highest BCUT2D eigenvalue weighted by molar-refractivity contribution is 7.98. The van der Waals surface area contributed by atoms with Crippen LogP contribution in [0.15, 0.2) is 72.9 Å².